The van der Waals surface area contributed by atoms with Crippen LogP contribution in [0.2, 0.25) is 0 Å². The Bertz CT molecular complexity index is 103. The fourth-order valence-electron chi connectivity index (χ4n) is 0.502. The van der Waals surface area contributed by atoms with Crippen LogP contribution in [0.15, 0.2) is 24.3 Å². The Kier molecular flexibility index (Phi) is 6.06. The highest BCUT2D eigenvalue weighted by Gasteiger charge is 1.81. The van der Waals surface area contributed by atoms with Crippen molar-refractivity contribution in [3.63, 3.8) is 0 Å². The number of hydrogen-bond acceptors (Lipinski definition) is 0. The number of halogens is 1. The van der Waals surface area contributed by atoms with E-state index in [2.05, 4.69) is 35.5 Å². The van der Waals surface area contributed by atoms with Gasteiger partial charge in [0.2, 0.25) is 0 Å². The summed E-state index contributed by atoms with van der Waals surface area (Å²) in [6, 6.07) is 0. The molecule has 0 radical (unpaired) electrons. The molecule has 0 amide bonds. The molecule has 0 atom stereocenters. The highest BCUT2D eigenvalue weighted by atomic mass is 79.9. The average Bonchev–Trinajstić information content (AvgIpc) is 1.89. The van der Waals surface area contributed by atoms with Crippen LogP contribution in [0.25, 0.3) is 0 Å². The number of alkyl halides is 1. The van der Waals surface area contributed by atoms with E-state index in [1.807, 2.05) is 6.08 Å². The summed E-state index contributed by atoms with van der Waals surface area (Å²) in [6.45, 7) is 5.77. The fourth-order valence-corrected chi connectivity index (χ4v) is 0.731. The monoisotopic (exact) mass is 188 g/mol. The van der Waals surface area contributed by atoms with E-state index in [1.165, 1.54) is 5.57 Å². The van der Waals surface area contributed by atoms with Crippen molar-refractivity contribution >= 4 is 15.9 Å². The Labute approximate surface area is 65.8 Å². The normalized spacial score (nSPS) is 11.6. The van der Waals surface area contributed by atoms with E-state index < -0.39 is 0 Å². The summed E-state index contributed by atoms with van der Waals surface area (Å²) >= 11 is 3.37. The summed E-state index contributed by atoms with van der Waals surface area (Å²) in [5.74, 6) is 0. The predicted octanol–water partition coefficient (Wildman–Crippen LogP) is 3.29. The Balaban J connectivity index is 3.31. The molecule has 0 nitrogen and oxygen atoms in total. The molecule has 0 aromatic heterocycles. The minimum atomic E-state index is 0.990. The Morgan fingerprint density at radius 1 is 1.56 bits per heavy atom. The lowest BCUT2D eigenvalue weighted by molar-refractivity contribution is 1.04. The lowest BCUT2D eigenvalue weighted by Crippen LogP contribution is -1.74. The van der Waals surface area contributed by atoms with Crippen molar-refractivity contribution in [1.29, 1.82) is 0 Å². The molecule has 0 bridgehead atoms. The van der Waals surface area contributed by atoms with E-state index in [0.717, 1.165) is 18.2 Å². The highest BCUT2D eigenvalue weighted by Crippen LogP contribution is 2.01. The van der Waals surface area contributed by atoms with Gasteiger partial charge in [-0.15, -0.1) is 6.58 Å². The van der Waals surface area contributed by atoms with Gasteiger partial charge in [0.05, 0.1) is 0 Å². The van der Waals surface area contributed by atoms with Gasteiger partial charge in [0.1, 0.15) is 0 Å². The van der Waals surface area contributed by atoms with Crippen LogP contribution in [-0.2, 0) is 0 Å². The van der Waals surface area contributed by atoms with Gasteiger partial charge in [-0.3, -0.25) is 0 Å². The molecule has 0 saturated carbocycles. The van der Waals surface area contributed by atoms with Crippen LogP contribution in [0.1, 0.15) is 19.8 Å². The van der Waals surface area contributed by atoms with Crippen LogP contribution in [-0.4, -0.2) is 5.33 Å². The molecule has 0 heterocycles. The molecule has 0 aliphatic heterocycles. The third-order valence-electron chi connectivity index (χ3n) is 1.07. The third-order valence-corrected chi connectivity index (χ3v) is 1.96. The molecule has 0 saturated heterocycles. The van der Waals surface area contributed by atoms with Gasteiger partial charge in [-0.25, -0.2) is 0 Å². The minimum absolute atomic E-state index is 0.990. The predicted molar refractivity (Wildman–Crippen MR) is 47.0 cm³/mol. The molecule has 0 aromatic rings. The molecule has 1 heteroatoms. The first-order valence-electron chi connectivity index (χ1n) is 3.13. The van der Waals surface area contributed by atoms with Gasteiger partial charge in [-0.05, 0) is 19.8 Å². The van der Waals surface area contributed by atoms with E-state index in [9.17, 15) is 0 Å². The van der Waals surface area contributed by atoms with Gasteiger partial charge in [-0.1, -0.05) is 33.7 Å². The molecule has 0 rings (SSSR count). The van der Waals surface area contributed by atoms with E-state index >= 15 is 0 Å². The zero-order valence-corrected chi connectivity index (χ0v) is 7.45. The minimum Gasteiger partial charge on any atom is -0.103 e. The molecule has 0 aliphatic carbocycles. The van der Waals surface area contributed by atoms with Crippen molar-refractivity contribution in [1.82, 2.24) is 0 Å². The molecular weight excluding hydrogens is 176 g/mol. The van der Waals surface area contributed by atoms with Crippen molar-refractivity contribution in [2.45, 2.75) is 19.8 Å². The molecular formula is C8H13Br. The number of allylic oxidation sites excluding steroid dienone is 3. The Hall–Kier alpha value is -0.0400. The average molecular weight is 189 g/mol. The van der Waals surface area contributed by atoms with Crippen LogP contribution < -0.4 is 0 Å². The molecule has 0 N–H and O–H groups in total. The second-order valence-corrected chi connectivity index (χ2v) is 2.61. The van der Waals surface area contributed by atoms with Crippen molar-refractivity contribution < 1.29 is 0 Å². The first kappa shape index (κ1) is 8.96. The summed E-state index contributed by atoms with van der Waals surface area (Å²) in [6.07, 6.45) is 6.39. The second kappa shape index (κ2) is 6.09. The van der Waals surface area contributed by atoms with Crippen molar-refractivity contribution in [2.75, 3.05) is 5.33 Å². The Morgan fingerprint density at radius 3 is 2.67 bits per heavy atom. The summed E-state index contributed by atoms with van der Waals surface area (Å²) in [7, 11) is 0. The highest BCUT2D eigenvalue weighted by molar-refractivity contribution is 9.09. The van der Waals surface area contributed by atoms with Crippen LogP contribution in [0.3, 0.4) is 0 Å². The number of rotatable bonds is 4. The maximum atomic E-state index is 3.64. The second-order valence-electron chi connectivity index (χ2n) is 2.05. The zero-order chi connectivity index (χ0) is 7.11. The number of hydrogen-bond donors (Lipinski definition) is 0. The van der Waals surface area contributed by atoms with Crippen molar-refractivity contribution in [3.8, 4) is 0 Å². The molecule has 9 heavy (non-hydrogen) atoms. The molecule has 0 spiro atoms. The standard InChI is InChI=1S/C8H13Br/c1-3-4-5-6-8(2)7-9/h3,6H,1,4-5,7H2,2H3. The van der Waals surface area contributed by atoms with Crippen LogP contribution >= 0.6 is 15.9 Å². The number of unbranched alkanes of at least 4 members (excludes halogenated alkanes) is 1. The maximum absolute atomic E-state index is 3.64. The molecule has 0 fully saturated rings. The smallest absolute Gasteiger partial charge is 0.0239 e. The van der Waals surface area contributed by atoms with Crippen LogP contribution in [0, 0.1) is 0 Å². The van der Waals surface area contributed by atoms with Crippen molar-refractivity contribution in [3.05, 3.63) is 24.3 Å². The van der Waals surface area contributed by atoms with Crippen LogP contribution in [0.4, 0.5) is 0 Å². The van der Waals surface area contributed by atoms with Gasteiger partial charge in [0.25, 0.3) is 0 Å². The van der Waals surface area contributed by atoms with E-state index in [0.29, 0.717) is 0 Å². The van der Waals surface area contributed by atoms with E-state index in [4.69, 9.17) is 0 Å². The first-order chi connectivity index (χ1) is 4.31. The molecule has 0 aliphatic rings. The van der Waals surface area contributed by atoms with Crippen molar-refractivity contribution in [2.24, 2.45) is 0 Å². The maximum Gasteiger partial charge on any atom is 0.0239 e. The molecule has 0 aromatic carbocycles. The summed E-state index contributed by atoms with van der Waals surface area (Å²) in [5, 5.41) is 0.990. The SMILES string of the molecule is C=CCCC=C(C)CBr. The van der Waals surface area contributed by atoms with E-state index in [1.54, 1.807) is 0 Å². The lowest BCUT2D eigenvalue weighted by Gasteiger charge is -1.90. The van der Waals surface area contributed by atoms with Gasteiger partial charge in [-0.2, -0.15) is 0 Å². The van der Waals surface area contributed by atoms with Gasteiger partial charge in [0.15, 0.2) is 0 Å². The molecule has 52 valence electrons. The Morgan fingerprint density at radius 2 is 2.22 bits per heavy atom. The van der Waals surface area contributed by atoms with E-state index in [-0.39, 0.29) is 0 Å². The first-order valence-corrected chi connectivity index (χ1v) is 4.26. The van der Waals surface area contributed by atoms with Gasteiger partial charge < -0.3 is 0 Å². The molecule has 0 unspecified atom stereocenters. The fraction of sp³-hybridized carbons (Fsp3) is 0.500. The van der Waals surface area contributed by atoms with Crippen LogP contribution in [0.5, 0.6) is 0 Å². The zero-order valence-electron chi connectivity index (χ0n) is 5.86. The topological polar surface area (TPSA) is 0 Å². The summed E-state index contributed by atoms with van der Waals surface area (Å²) in [5.41, 5.74) is 1.40. The van der Waals surface area contributed by atoms with Gasteiger partial charge >= 0.3 is 0 Å². The lowest BCUT2D eigenvalue weighted by atomic mass is 10.2. The summed E-state index contributed by atoms with van der Waals surface area (Å²) < 4.78 is 0. The third kappa shape index (κ3) is 5.84. The largest absolute Gasteiger partial charge is 0.103 e. The summed E-state index contributed by atoms with van der Waals surface area (Å²) in [4.78, 5) is 0. The van der Waals surface area contributed by atoms with Gasteiger partial charge in [0, 0.05) is 5.33 Å². The quantitative estimate of drug-likeness (QED) is 0.361.